The van der Waals surface area contributed by atoms with Crippen LogP contribution in [-0.4, -0.2) is 35.7 Å². The van der Waals surface area contributed by atoms with Crippen molar-refractivity contribution in [2.75, 3.05) is 13.7 Å². The summed E-state index contributed by atoms with van der Waals surface area (Å²) in [5.41, 5.74) is 5.87. The lowest BCUT2D eigenvalue weighted by molar-refractivity contribution is 0.0167. The van der Waals surface area contributed by atoms with E-state index in [0.29, 0.717) is 18.9 Å². The van der Waals surface area contributed by atoms with Crippen molar-refractivity contribution in [2.45, 2.75) is 71.7 Å². The summed E-state index contributed by atoms with van der Waals surface area (Å²) in [4.78, 5) is 15.4. The molecule has 0 aromatic heterocycles. The number of aliphatic imine (C=N–C) groups is 1. The lowest BCUT2D eigenvalue weighted by Gasteiger charge is -2.37. The Morgan fingerprint density at radius 1 is 1.15 bits per heavy atom. The second-order valence-electron chi connectivity index (χ2n) is 8.66. The van der Waals surface area contributed by atoms with Crippen LogP contribution in [0.2, 0.25) is 0 Å². The molecule has 178 valence electrons. The number of nitrogens with zero attached hydrogens (tertiary/aromatic N) is 1. The Labute approximate surface area is 201 Å². The van der Waals surface area contributed by atoms with Crippen LogP contribution in [0.3, 0.4) is 0 Å². The number of benzene rings is 2. The Morgan fingerprint density at radius 3 is 2.52 bits per heavy atom. The van der Waals surface area contributed by atoms with Crippen LogP contribution in [0.4, 0.5) is 4.79 Å². The summed E-state index contributed by atoms with van der Waals surface area (Å²) in [7, 11) is 1.55. The van der Waals surface area contributed by atoms with Gasteiger partial charge in [-0.1, -0.05) is 32.0 Å². The molecule has 0 radical (unpaired) electrons. The summed E-state index contributed by atoms with van der Waals surface area (Å²) in [6.45, 7) is 13.1. The predicted molar refractivity (Wildman–Crippen MR) is 136 cm³/mol. The summed E-state index contributed by atoms with van der Waals surface area (Å²) in [5, 5.41) is -0.251. The lowest BCUT2D eigenvalue weighted by atomic mass is 9.88. The quantitative estimate of drug-likeness (QED) is 0.492. The van der Waals surface area contributed by atoms with Gasteiger partial charge in [0.2, 0.25) is 5.90 Å². The van der Waals surface area contributed by atoms with E-state index >= 15 is 0 Å². The van der Waals surface area contributed by atoms with Gasteiger partial charge in [0.05, 0.1) is 12.4 Å². The number of ether oxygens (including phenoxy) is 3. The SMILES string of the molecule is CC.COC1=NC(=O)SC1Cc1ccc(OCC2(C)CCc3c(C)cc(C)c(C)c3O2)cc1. The number of rotatable bonds is 5. The summed E-state index contributed by atoms with van der Waals surface area (Å²) in [6.07, 6.45) is 2.62. The third-order valence-corrected chi connectivity index (χ3v) is 7.13. The fourth-order valence-corrected chi connectivity index (χ4v) is 5.09. The molecule has 33 heavy (non-hydrogen) atoms. The molecule has 0 spiro atoms. The van der Waals surface area contributed by atoms with Crippen molar-refractivity contribution in [3.05, 3.63) is 58.1 Å². The second-order valence-corrected chi connectivity index (χ2v) is 9.81. The van der Waals surface area contributed by atoms with Gasteiger partial charge < -0.3 is 14.2 Å². The number of carbonyl (C=O) groups excluding carboxylic acids is 1. The second kappa shape index (κ2) is 10.6. The number of hydrogen-bond donors (Lipinski definition) is 0. The Hall–Kier alpha value is -2.47. The zero-order valence-electron chi connectivity index (χ0n) is 20.8. The highest BCUT2D eigenvalue weighted by molar-refractivity contribution is 8.15. The van der Waals surface area contributed by atoms with E-state index in [2.05, 4.69) is 38.8 Å². The number of fused-ring (bicyclic) bond motifs is 1. The van der Waals surface area contributed by atoms with Crippen molar-refractivity contribution in [3.63, 3.8) is 0 Å². The summed E-state index contributed by atoms with van der Waals surface area (Å²) in [5.74, 6) is 2.34. The maximum Gasteiger partial charge on any atom is 0.308 e. The molecule has 2 aliphatic heterocycles. The molecule has 0 bridgehead atoms. The first-order valence-electron chi connectivity index (χ1n) is 11.6. The van der Waals surface area contributed by atoms with E-state index in [9.17, 15) is 4.79 Å². The van der Waals surface area contributed by atoms with Gasteiger partial charge in [0.15, 0.2) is 0 Å². The number of methoxy groups -OCH3 is 1. The maximum absolute atomic E-state index is 11.5. The summed E-state index contributed by atoms with van der Waals surface area (Å²) < 4.78 is 17.8. The minimum Gasteiger partial charge on any atom is -0.489 e. The molecule has 2 atom stereocenters. The number of carbonyl (C=O) groups is 1. The van der Waals surface area contributed by atoms with Crippen LogP contribution in [-0.2, 0) is 17.6 Å². The number of aryl methyl sites for hydroxylation is 2. The topological polar surface area (TPSA) is 57.1 Å². The Balaban J connectivity index is 0.00000149. The van der Waals surface area contributed by atoms with E-state index in [4.69, 9.17) is 14.2 Å². The van der Waals surface area contributed by atoms with Crippen molar-refractivity contribution in [1.82, 2.24) is 0 Å². The third-order valence-electron chi connectivity index (χ3n) is 6.19. The number of hydrogen-bond acceptors (Lipinski definition) is 5. The van der Waals surface area contributed by atoms with E-state index < -0.39 is 0 Å². The fourth-order valence-electron chi connectivity index (χ4n) is 4.18. The number of amides is 1. The lowest BCUT2D eigenvalue weighted by Crippen LogP contribution is -2.42. The van der Waals surface area contributed by atoms with Gasteiger partial charge in [0.1, 0.15) is 23.7 Å². The molecule has 0 saturated heterocycles. The monoisotopic (exact) mass is 469 g/mol. The molecular weight excluding hydrogens is 434 g/mol. The molecule has 6 heteroatoms. The van der Waals surface area contributed by atoms with Crippen LogP contribution in [0.5, 0.6) is 11.5 Å². The maximum atomic E-state index is 11.5. The molecule has 2 aromatic carbocycles. The minimum absolute atomic E-state index is 0.0611. The van der Waals surface area contributed by atoms with Crippen LogP contribution >= 0.6 is 11.8 Å². The predicted octanol–water partition coefficient (Wildman–Crippen LogP) is 6.62. The van der Waals surface area contributed by atoms with E-state index in [1.807, 2.05) is 38.1 Å². The molecule has 2 unspecified atom stereocenters. The average Bonchev–Trinajstić information content (AvgIpc) is 3.17. The van der Waals surface area contributed by atoms with Crippen molar-refractivity contribution in [2.24, 2.45) is 4.99 Å². The van der Waals surface area contributed by atoms with Gasteiger partial charge in [0, 0.05) is 0 Å². The fraction of sp³-hybridized carbons (Fsp3) is 0.481. The molecule has 5 nitrogen and oxygen atoms in total. The average molecular weight is 470 g/mol. The standard InChI is InChI=1S/C25H29NO4S.C2H6/c1-15-12-16(2)20-10-11-25(4,30-22(20)17(15)3)14-29-19-8-6-18(7-9-19)13-21-23(28-5)26-24(27)31-21;1-2/h6-9,12,21H,10-11,13-14H2,1-5H3;1-2H3. The van der Waals surface area contributed by atoms with Gasteiger partial charge in [0.25, 0.3) is 0 Å². The van der Waals surface area contributed by atoms with Crippen LogP contribution in [0.1, 0.15) is 55.0 Å². The van der Waals surface area contributed by atoms with Crippen molar-refractivity contribution in [3.8, 4) is 11.5 Å². The van der Waals surface area contributed by atoms with Gasteiger partial charge in [-0.15, -0.1) is 0 Å². The largest absolute Gasteiger partial charge is 0.489 e. The molecule has 4 rings (SSSR count). The third kappa shape index (κ3) is 5.72. The van der Waals surface area contributed by atoms with Crippen molar-refractivity contribution in [1.29, 1.82) is 0 Å². The van der Waals surface area contributed by atoms with Crippen LogP contribution in [0.25, 0.3) is 0 Å². The van der Waals surface area contributed by atoms with Gasteiger partial charge >= 0.3 is 5.24 Å². The van der Waals surface area contributed by atoms with Crippen LogP contribution in [0, 0.1) is 20.8 Å². The van der Waals surface area contributed by atoms with E-state index in [1.54, 1.807) is 7.11 Å². The van der Waals surface area contributed by atoms with E-state index in [1.165, 1.54) is 34.0 Å². The highest BCUT2D eigenvalue weighted by Gasteiger charge is 2.34. The molecule has 0 aliphatic carbocycles. The normalized spacial score (nSPS) is 21.4. The molecule has 2 aromatic rings. The zero-order valence-corrected chi connectivity index (χ0v) is 21.6. The van der Waals surface area contributed by atoms with Crippen molar-refractivity contribution >= 4 is 22.9 Å². The molecule has 2 aliphatic rings. The van der Waals surface area contributed by atoms with E-state index in [0.717, 1.165) is 29.9 Å². The highest BCUT2D eigenvalue weighted by atomic mass is 32.2. The minimum atomic E-state index is -0.360. The molecule has 0 fully saturated rings. The first kappa shape index (κ1) is 25.2. The van der Waals surface area contributed by atoms with E-state index in [-0.39, 0.29) is 16.1 Å². The Bertz CT molecular complexity index is 1030. The smallest absolute Gasteiger partial charge is 0.308 e. The molecule has 0 N–H and O–H groups in total. The first-order chi connectivity index (χ1) is 15.8. The molecule has 2 heterocycles. The van der Waals surface area contributed by atoms with Crippen molar-refractivity contribution < 1.29 is 19.0 Å². The van der Waals surface area contributed by atoms with Gasteiger partial charge in [-0.3, -0.25) is 4.79 Å². The summed E-state index contributed by atoms with van der Waals surface area (Å²) >= 11 is 1.21. The Kier molecular flexibility index (Phi) is 8.11. The highest BCUT2D eigenvalue weighted by Crippen LogP contribution is 2.39. The van der Waals surface area contributed by atoms with Gasteiger partial charge in [-0.2, -0.15) is 4.99 Å². The summed E-state index contributed by atoms with van der Waals surface area (Å²) in [6, 6.07) is 10.3. The Morgan fingerprint density at radius 2 is 1.85 bits per heavy atom. The van der Waals surface area contributed by atoms with Crippen LogP contribution in [0.15, 0.2) is 35.3 Å². The zero-order chi connectivity index (χ0) is 24.2. The first-order valence-corrected chi connectivity index (χ1v) is 12.5. The van der Waals surface area contributed by atoms with Gasteiger partial charge in [-0.05, 0) is 98.7 Å². The molecule has 1 amide bonds. The number of thioether (sulfide) groups is 1. The van der Waals surface area contributed by atoms with Crippen LogP contribution < -0.4 is 9.47 Å². The molecule has 0 saturated carbocycles. The molecular formula is C27H35NO4S. The van der Waals surface area contributed by atoms with Gasteiger partial charge in [-0.25, -0.2) is 0 Å².